The van der Waals surface area contributed by atoms with Crippen LogP contribution in [-0.4, -0.2) is 17.7 Å². The number of nitrogens with one attached hydrogen (secondary N) is 1. The maximum Gasteiger partial charge on any atom is 0.123 e. The Bertz CT molecular complexity index is 317. The summed E-state index contributed by atoms with van der Waals surface area (Å²) in [5.74, 6) is -0.307. The van der Waals surface area contributed by atoms with Gasteiger partial charge in [-0.15, -0.1) is 0 Å². The lowest BCUT2D eigenvalue weighted by atomic mass is 10.1. The van der Waals surface area contributed by atoms with E-state index < -0.39 is 6.10 Å². The van der Waals surface area contributed by atoms with Crippen LogP contribution in [0.25, 0.3) is 0 Å². The maximum atomic E-state index is 12.9. The largest absolute Gasteiger partial charge is 0.387 e. The fourth-order valence-electron chi connectivity index (χ4n) is 1.68. The van der Waals surface area contributed by atoms with E-state index in [4.69, 9.17) is 0 Å². The molecular formula is C13H20FNO. The van der Waals surface area contributed by atoms with Crippen LogP contribution in [0.4, 0.5) is 4.39 Å². The number of halogens is 1. The Morgan fingerprint density at radius 1 is 1.44 bits per heavy atom. The number of aliphatic hydroxyl groups excluding tert-OH is 1. The van der Waals surface area contributed by atoms with E-state index in [9.17, 15) is 9.50 Å². The van der Waals surface area contributed by atoms with Crippen molar-refractivity contribution in [3.63, 3.8) is 0 Å². The van der Waals surface area contributed by atoms with Crippen molar-refractivity contribution in [3.8, 4) is 0 Å². The molecule has 0 aliphatic carbocycles. The standard InChI is InChI=1S/C13H20FNO/c1-3-5-10(2)15-9-13(16)11-6-4-7-12(14)8-11/h4,6-8,10,13,15-16H,3,5,9H2,1-2H3/t10-,13?/m1/s1. The second kappa shape index (κ2) is 6.61. The van der Waals surface area contributed by atoms with Gasteiger partial charge in [0.25, 0.3) is 0 Å². The molecule has 2 nitrogen and oxygen atoms in total. The van der Waals surface area contributed by atoms with Crippen molar-refractivity contribution in [2.45, 2.75) is 38.8 Å². The molecule has 2 atom stereocenters. The Hall–Kier alpha value is -0.930. The van der Waals surface area contributed by atoms with E-state index in [0.29, 0.717) is 18.2 Å². The molecule has 0 radical (unpaired) electrons. The molecule has 1 rings (SSSR count). The first-order valence-electron chi connectivity index (χ1n) is 5.80. The number of aliphatic hydroxyl groups is 1. The van der Waals surface area contributed by atoms with E-state index in [0.717, 1.165) is 12.8 Å². The molecule has 0 saturated carbocycles. The summed E-state index contributed by atoms with van der Waals surface area (Å²) in [7, 11) is 0. The predicted molar refractivity (Wildman–Crippen MR) is 63.7 cm³/mol. The number of rotatable bonds is 6. The Kier molecular flexibility index (Phi) is 5.43. The van der Waals surface area contributed by atoms with Gasteiger partial charge >= 0.3 is 0 Å². The zero-order valence-corrected chi connectivity index (χ0v) is 9.91. The molecule has 0 heterocycles. The lowest BCUT2D eigenvalue weighted by Crippen LogP contribution is -2.30. The molecule has 0 amide bonds. The van der Waals surface area contributed by atoms with Gasteiger partial charge in [0.1, 0.15) is 5.82 Å². The third-order valence-corrected chi connectivity index (χ3v) is 2.61. The van der Waals surface area contributed by atoms with E-state index in [1.165, 1.54) is 12.1 Å². The van der Waals surface area contributed by atoms with Crippen LogP contribution in [0.3, 0.4) is 0 Å². The van der Waals surface area contributed by atoms with E-state index in [-0.39, 0.29) is 5.82 Å². The van der Waals surface area contributed by atoms with Crippen LogP contribution in [0, 0.1) is 5.82 Å². The summed E-state index contributed by atoms with van der Waals surface area (Å²) in [5.41, 5.74) is 0.621. The average Bonchev–Trinajstić information content (AvgIpc) is 2.26. The van der Waals surface area contributed by atoms with Gasteiger partial charge < -0.3 is 10.4 Å². The highest BCUT2D eigenvalue weighted by atomic mass is 19.1. The van der Waals surface area contributed by atoms with E-state index >= 15 is 0 Å². The second-order valence-electron chi connectivity index (χ2n) is 4.17. The Balaban J connectivity index is 2.43. The lowest BCUT2D eigenvalue weighted by Gasteiger charge is -2.16. The maximum absolute atomic E-state index is 12.9. The fraction of sp³-hybridized carbons (Fsp3) is 0.538. The SMILES string of the molecule is CCC[C@@H](C)NCC(O)c1cccc(F)c1. The molecule has 0 spiro atoms. The van der Waals surface area contributed by atoms with Gasteiger partial charge in [0.05, 0.1) is 6.10 Å². The summed E-state index contributed by atoms with van der Waals surface area (Å²) in [4.78, 5) is 0. The number of hydrogen-bond donors (Lipinski definition) is 2. The number of benzene rings is 1. The monoisotopic (exact) mass is 225 g/mol. The van der Waals surface area contributed by atoms with Crippen molar-refractivity contribution >= 4 is 0 Å². The van der Waals surface area contributed by atoms with E-state index in [1.807, 2.05) is 0 Å². The first kappa shape index (κ1) is 13.1. The molecule has 0 fully saturated rings. The van der Waals surface area contributed by atoms with Crippen molar-refractivity contribution in [3.05, 3.63) is 35.6 Å². The van der Waals surface area contributed by atoms with Crippen LogP contribution in [0.2, 0.25) is 0 Å². The molecule has 90 valence electrons. The van der Waals surface area contributed by atoms with Crippen LogP contribution >= 0.6 is 0 Å². The van der Waals surface area contributed by atoms with Gasteiger partial charge in [-0.3, -0.25) is 0 Å². The summed E-state index contributed by atoms with van der Waals surface area (Å²) in [6, 6.07) is 6.48. The molecule has 3 heteroatoms. The van der Waals surface area contributed by atoms with Gasteiger partial charge in [-0.2, -0.15) is 0 Å². The Morgan fingerprint density at radius 3 is 2.81 bits per heavy atom. The topological polar surface area (TPSA) is 32.3 Å². The van der Waals surface area contributed by atoms with Gasteiger partial charge in [0.15, 0.2) is 0 Å². The van der Waals surface area contributed by atoms with Crippen LogP contribution in [-0.2, 0) is 0 Å². The lowest BCUT2D eigenvalue weighted by molar-refractivity contribution is 0.169. The van der Waals surface area contributed by atoms with Crippen molar-refractivity contribution in [2.24, 2.45) is 0 Å². The normalized spacial score (nSPS) is 14.8. The first-order valence-corrected chi connectivity index (χ1v) is 5.80. The summed E-state index contributed by atoms with van der Waals surface area (Å²) in [5, 5.41) is 13.1. The van der Waals surface area contributed by atoms with Crippen LogP contribution in [0.1, 0.15) is 38.4 Å². The minimum absolute atomic E-state index is 0.307. The fourth-order valence-corrected chi connectivity index (χ4v) is 1.68. The van der Waals surface area contributed by atoms with Crippen molar-refractivity contribution in [1.29, 1.82) is 0 Å². The van der Waals surface area contributed by atoms with Gasteiger partial charge in [-0.05, 0) is 31.0 Å². The minimum Gasteiger partial charge on any atom is -0.387 e. The van der Waals surface area contributed by atoms with Gasteiger partial charge in [0.2, 0.25) is 0 Å². The van der Waals surface area contributed by atoms with Crippen LogP contribution in [0.15, 0.2) is 24.3 Å². The predicted octanol–water partition coefficient (Wildman–Crippen LogP) is 2.64. The summed E-state index contributed by atoms with van der Waals surface area (Å²) in [6.45, 7) is 4.67. The highest BCUT2D eigenvalue weighted by Crippen LogP contribution is 2.13. The zero-order valence-electron chi connectivity index (χ0n) is 9.91. The molecular weight excluding hydrogens is 205 g/mol. The average molecular weight is 225 g/mol. The van der Waals surface area contributed by atoms with Crippen molar-refractivity contribution < 1.29 is 9.50 Å². The molecule has 1 aromatic rings. The summed E-state index contributed by atoms with van der Waals surface area (Å²) in [6.07, 6.45) is 1.55. The van der Waals surface area contributed by atoms with Crippen LogP contribution < -0.4 is 5.32 Å². The molecule has 1 unspecified atom stereocenters. The molecule has 1 aromatic carbocycles. The molecule has 16 heavy (non-hydrogen) atoms. The minimum atomic E-state index is -0.644. The zero-order chi connectivity index (χ0) is 12.0. The number of hydrogen-bond acceptors (Lipinski definition) is 2. The van der Waals surface area contributed by atoms with E-state index in [1.54, 1.807) is 12.1 Å². The van der Waals surface area contributed by atoms with E-state index in [2.05, 4.69) is 19.2 Å². The smallest absolute Gasteiger partial charge is 0.123 e. The highest BCUT2D eigenvalue weighted by Gasteiger charge is 2.09. The summed E-state index contributed by atoms with van der Waals surface area (Å²) < 4.78 is 12.9. The third kappa shape index (κ3) is 4.29. The van der Waals surface area contributed by atoms with Crippen LogP contribution in [0.5, 0.6) is 0 Å². The molecule has 0 saturated heterocycles. The van der Waals surface area contributed by atoms with Gasteiger partial charge in [-0.1, -0.05) is 25.5 Å². The molecule has 0 aromatic heterocycles. The summed E-state index contributed by atoms with van der Waals surface area (Å²) >= 11 is 0. The molecule has 0 aliphatic heterocycles. The molecule has 2 N–H and O–H groups in total. The Labute approximate surface area is 96.5 Å². The first-order chi connectivity index (χ1) is 7.63. The van der Waals surface area contributed by atoms with Crippen molar-refractivity contribution in [2.75, 3.05) is 6.54 Å². The quantitative estimate of drug-likeness (QED) is 0.780. The Morgan fingerprint density at radius 2 is 2.19 bits per heavy atom. The molecule has 0 bridgehead atoms. The van der Waals surface area contributed by atoms with Gasteiger partial charge in [0, 0.05) is 12.6 Å². The van der Waals surface area contributed by atoms with Gasteiger partial charge in [-0.25, -0.2) is 4.39 Å². The highest BCUT2D eigenvalue weighted by molar-refractivity contribution is 5.18. The third-order valence-electron chi connectivity index (χ3n) is 2.61. The van der Waals surface area contributed by atoms with Crippen molar-refractivity contribution in [1.82, 2.24) is 5.32 Å². The molecule has 0 aliphatic rings. The second-order valence-corrected chi connectivity index (χ2v) is 4.17.